The van der Waals surface area contributed by atoms with Gasteiger partial charge in [-0.1, -0.05) is 69.2 Å². The van der Waals surface area contributed by atoms with Crippen LogP contribution in [-0.2, 0) is 11.2 Å². The standard InChI is InChI=1S/C20H25NO/c1-14-6-5-9-19(15(14)2)21-20(22)13-16-10-11-17-7-3-4-8-18(17)12-16/h3-4,7-8,10-12,14-15,19H,5-6,9,13H2,1-2H3,(H,21,22)/t14-,15+,19-/m1/s1. The lowest BCUT2D eigenvalue weighted by Gasteiger charge is -2.34. The molecule has 1 amide bonds. The second-order valence-electron chi connectivity index (χ2n) is 6.80. The molecule has 2 heteroatoms. The van der Waals surface area contributed by atoms with Gasteiger partial charge < -0.3 is 5.32 Å². The van der Waals surface area contributed by atoms with Crippen molar-refractivity contribution in [1.29, 1.82) is 0 Å². The maximum atomic E-state index is 12.4. The molecule has 3 atom stereocenters. The van der Waals surface area contributed by atoms with E-state index in [2.05, 4.69) is 49.5 Å². The summed E-state index contributed by atoms with van der Waals surface area (Å²) < 4.78 is 0. The van der Waals surface area contributed by atoms with Crippen molar-refractivity contribution < 1.29 is 4.79 Å². The monoisotopic (exact) mass is 295 g/mol. The number of rotatable bonds is 3. The number of carbonyl (C=O) groups excluding carboxylic acids is 1. The van der Waals surface area contributed by atoms with E-state index in [4.69, 9.17) is 0 Å². The van der Waals surface area contributed by atoms with Gasteiger partial charge in [-0.15, -0.1) is 0 Å². The SMILES string of the molecule is C[C@H]1[C@H](C)CCC[C@H]1NC(=O)Cc1ccc2ccccc2c1. The molecule has 0 unspecified atom stereocenters. The number of hydrogen-bond acceptors (Lipinski definition) is 1. The highest BCUT2D eigenvalue weighted by Crippen LogP contribution is 2.29. The first kappa shape index (κ1) is 15.1. The maximum absolute atomic E-state index is 12.4. The predicted molar refractivity (Wildman–Crippen MR) is 91.8 cm³/mol. The van der Waals surface area contributed by atoms with Crippen LogP contribution in [0.3, 0.4) is 0 Å². The minimum Gasteiger partial charge on any atom is -0.353 e. The summed E-state index contributed by atoms with van der Waals surface area (Å²) >= 11 is 0. The first-order chi connectivity index (χ1) is 10.6. The number of fused-ring (bicyclic) bond motifs is 1. The zero-order chi connectivity index (χ0) is 15.5. The van der Waals surface area contributed by atoms with Crippen molar-refractivity contribution in [3.63, 3.8) is 0 Å². The van der Waals surface area contributed by atoms with Crippen molar-refractivity contribution in [1.82, 2.24) is 5.32 Å². The van der Waals surface area contributed by atoms with Crippen LogP contribution < -0.4 is 5.32 Å². The minimum absolute atomic E-state index is 0.154. The highest BCUT2D eigenvalue weighted by atomic mass is 16.1. The molecule has 1 fully saturated rings. The quantitative estimate of drug-likeness (QED) is 0.897. The first-order valence-electron chi connectivity index (χ1n) is 8.40. The molecule has 116 valence electrons. The molecule has 0 heterocycles. The third-order valence-electron chi connectivity index (χ3n) is 5.23. The third-order valence-corrected chi connectivity index (χ3v) is 5.23. The van der Waals surface area contributed by atoms with E-state index in [0.717, 1.165) is 12.0 Å². The van der Waals surface area contributed by atoms with Gasteiger partial charge in [0.1, 0.15) is 0 Å². The van der Waals surface area contributed by atoms with Gasteiger partial charge in [-0.05, 0) is 34.6 Å². The van der Waals surface area contributed by atoms with E-state index in [-0.39, 0.29) is 5.91 Å². The summed E-state index contributed by atoms with van der Waals surface area (Å²) in [6.07, 6.45) is 4.11. The number of nitrogens with one attached hydrogen (secondary N) is 1. The molecule has 2 nitrogen and oxygen atoms in total. The van der Waals surface area contributed by atoms with Crippen molar-refractivity contribution in [2.24, 2.45) is 11.8 Å². The highest BCUT2D eigenvalue weighted by Gasteiger charge is 2.27. The zero-order valence-corrected chi connectivity index (χ0v) is 13.5. The van der Waals surface area contributed by atoms with Gasteiger partial charge in [0.05, 0.1) is 6.42 Å². The first-order valence-corrected chi connectivity index (χ1v) is 8.40. The Labute approximate surface area is 132 Å². The molecule has 2 aromatic rings. The fourth-order valence-corrected chi connectivity index (χ4v) is 3.58. The smallest absolute Gasteiger partial charge is 0.224 e. The molecule has 2 aromatic carbocycles. The summed E-state index contributed by atoms with van der Waals surface area (Å²) in [5, 5.41) is 5.68. The molecule has 1 aliphatic carbocycles. The summed E-state index contributed by atoms with van der Waals surface area (Å²) in [6.45, 7) is 4.57. The average molecular weight is 295 g/mol. The van der Waals surface area contributed by atoms with Gasteiger partial charge >= 0.3 is 0 Å². The second-order valence-corrected chi connectivity index (χ2v) is 6.80. The summed E-state index contributed by atoms with van der Waals surface area (Å²) in [5.41, 5.74) is 1.09. The van der Waals surface area contributed by atoms with E-state index in [1.54, 1.807) is 0 Å². The third kappa shape index (κ3) is 3.32. The van der Waals surface area contributed by atoms with Crippen LogP contribution in [0.2, 0.25) is 0 Å². The molecule has 1 saturated carbocycles. The van der Waals surface area contributed by atoms with Crippen molar-refractivity contribution in [2.75, 3.05) is 0 Å². The Morgan fingerprint density at radius 3 is 2.68 bits per heavy atom. The second kappa shape index (κ2) is 6.51. The Bertz CT molecular complexity index is 664. The maximum Gasteiger partial charge on any atom is 0.224 e. The zero-order valence-electron chi connectivity index (χ0n) is 13.5. The molecule has 3 rings (SSSR count). The molecule has 1 aliphatic rings. The number of benzene rings is 2. The molecule has 0 radical (unpaired) electrons. The van der Waals surface area contributed by atoms with E-state index in [9.17, 15) is 4.79 Å². The Morgan fingerprint density at radius 2 is 1.86 bits per heavy atom. The number of carbonyl (C=O) groups is 1. The van der Waals surface area contributed by atoms with Gasteiger partial charge in [0, 0.05) is 6.04 Å². The summed E-state index contributed by atoms with van der Waals surface area (Å²) in [7, 11) is 0. The molecular formula is C20H25NO. The van der Waals surface area contributed by atoms with Crippen molar-refractivity contribution in [2.45, 2.75) is 45.6 Å². The topological polar surface area (TPSA) is 29.1 Å². The van der Waals surface area contributed by atoms with Crippen LogP contribution in [0, 0.1) is 11.8 Å². The van der Waals surface area contributed by atoms with Gasteiger partial charge in [-0.3, -0.25) is 4.79 Å². The highest BCUT2D eigenvalue weighted by molar-refractivity contribution is 5.85. The van der Waals surface area contributed by atoms with E-state index in [0.29, 0.717) is 24.3 Å². The van der Waals surface area contributed by atoms with Crippen LogP contribution in [0.5, 0.6) is 0 Å². The minimum atomic E-state index is 0.154. The fourth-order valence-electron chi connectivity index (χ4n) is 3.58. The molecule has 0 saturated heterocycles. The molecule has 1 N–H and O–H groups in total. The van der Waals surface area contributed by atoms with Gasteiger partial charge in [0.2, 0.25) is 5.91 Å². The van der Waals surface area contributed by atoms with E-state index in [1.807, 2.05) is 12.1 Å². The van der Waals surface area contributed by atoms with Crippen LogP contribution in [0.25, 0.3) is 10.8 Å². The average Bonchev–Trinajstić information content (AvgIpc) is 2.52. The Morgan fingerprint density at radius 1 is 1.09 bits per heavy atom. The van der Waals surface area contributed by atoms with Crippen LogP contribution >= 0.6 is 0 Å². The normalized spacial score (nSPS) is 25.1. The van der Waals surface area contributed by atoms with Gasteiger partial charge in [0.15, 0.2) is 0 Å². The lowest BCUT2D eigenvalue weighted by molar-refractivity contribution is -0.121. The summed E-state index contributed by atoms with van der Waals surface area (Å²) in [4.78, 5) is 12.4. The Kier molecular flexibility index (Phi) is 4.47. The largest absolute Gasteiger partial charge is 0.353 e. The van der Waals surface area contributed by atoms with Crippen molar-refractivity contribution in [3.05, 3.63) is 48.0 Å². The fraction of sp³-hybridized carbons (Fsp3) is 0.450. The van der Waals surface area contributed by atoms with Gasteiger partial charge in [-0.2, -0.15) is 0 Å². The van der Waals surface area contributed by atoms with Gasteiger partial charge in [-0.25, -0.2) is 0 Å². The van der Waals surface area contributed by atoms with E-state index >= 15 is 0 Å². The molecule has 0 aromatic heterocycles. The lowest BCUT2D eigenvalue weighted by atomic mass is 9.78. The molecular weight excluding hydrogens is 270 g/mol. The number of amides is 1. The van der Waals surface area contributed by atoms with Gasteiger partial charge in [0.25, 0.3) is 0 Å². The van der Waals surface area contributed by atoms with Crippen molar-refractivity contribution in [3.8, 4) is 0 Å². The van der Waals surface area contributed by atoms with Crippen molar-refractivity contribution >= 4 is 16.7 Å². The predicted octanol–water partition coefficient (Wildman–Crippen LogP) is 4.32. The van der Waals surface area contributed by atoms with E-state index in [1.165, 1.54) is 23.6 Å². The van der Waals surface area contributed by atoms with E-state index < -0.39 is 0 Å². The number of hydrogen-bond donors (Lipinski definition) is 1. The molecule has 0 aliphatic heterocycles. The summed E-state index contributed by atoms with van der Waals surface area (Å²) in [5.74, 6) is 1.44. The molecule has 0 spiro atoms. The molecule has 22 heavy (non-hydrogen) atoms. The Hall–Kier alpha value is -1.83. The lowest BCUT2D eigenvalue weighted by Crippen LogP contribution is -2.44. The summed E-state index contributed by atoms with van der Waals surface area (Å²) in [6, 6.07) is 14.9. The van der Waals surface area contributed by atoms with Crippen LogP contribution in [0.15, 0.2) is 42.5 Å². The Balaban J connectivity index is 1.65. The molecule has 0 bridgehead atoms. The van der Waals surface area contributed by atoms with Crippen LogP contribution in [0.4, 0.5) is 0 Å². The van der Waals surface area contributed by atoms with Crippen LogP contribution in [0.1, 0.15) is 38.7 Å². The van der Waals surface area contributed by atoms with Crippen LogP contribution in [-0.4, -0.2) is 11.9 Å².